The van der Waals surface area contributed by atoms with Crippen molar-refractivity contribution in [1.82, 2.24) is 0 Å². The fourth-order valence-corrected chi connectivity index (χ4v) is 4.03. The zero-order chi connectivity index (χ0) is 13.9. The second kappa shape index (κ2) is 6.00. The molecule has 1 aromatic carbocycles. The number of rotatable bonds is 3. The minimum absolute atomic E-state index is 0.181. The lowest BCUT2D eigenvalue weighted by atomic mass is 9.85. The number of ether oxygens (including phenoxy) is 1. The molecule has 1 atom stereocenters. The van der Waals surface area contributed by atoms with Crippen LogP contribution in [-0.2, 0) is 9.53 Å². The van der Waals surface area contributed by atoms with Crippen molar-refractivity contribution in [3.8, 4) is 0 Å². The first kappa shape index (κ1) is 13.7. The third kappa shape index (κ3) is 2.90. The van der Waals surface area contributed by atoms with Gasteiger partial charge < -0.3 is 4.74 Å². The first-order valence-electron chi connectivity index (χ1n) is 7.23. The smallest absolute Gasteiger partial charge is 0.340 e. The molecule has 2 aliphatic rings. The number of ketones is 1. The van der Waals surface area contributed by atoms with Crippen LogP contribution in [0, 0.1) is 5.92 Å². The Morgan fingerprint density at radius 3 is 2.75 bits per heavy atom. The maximum Gasteiger partial charge on any atom is 0.340 e. The van der Waals surface area contributed by atoms with E-state index in [4.69, 9.17) is 4.74 Å². The maximum absolute atomic E-state index is 12.3. The summed E-state index contributed by atoms with van der Waals surface area (Å²) in [7, 11) is 0. The molecule has 4 heteroatoms. The Balaban J connectivity index is 1.65. The summed E-state index contributed by atoms with van der Waals surface area (Å²) in [4.78, 5) is 25.1. The molecule has 1 aliphatic carbocycles. The van der Waals surface area contributed by atoms with Crippen LogP contribution in [0.5, 0.6) is 0 Å². The van der Waals surface area contributed by atoms with Crippen LogP contribution in [0.2, 0.25) is 0 Å². The van der Waals surface area contributed by atoms with Gasteiger partial charge in [0.05, 0.1) is 12.0 Å². The summed E-state index contributed by atoms with van der Waals surface area (Å²) < 4.78 is 5.38. The maximum atomic E-state index is 12.3. The molecule has 1 saturated carbocycles. The van der Waals surface area contributed by atoms with E-state index in [1.807, 2.05) is 18.2 Å². The number of carbonyl (C=O) groups is 2. The molecule has 0 N–H and O–H groups in total. The molecule has 1 aliphatic heterocycles. The zero-order valence-corrected chi connectivity index (χ0v) is 12.2. The second-order valence-electron chi connectivity index (χ2n) is 5.45. The van der Waals surface area contributed by atoms with E-state index in [0.717, 1.165) is 30.6 Å². The lowest BCUT2D eigenvalue weighted by Gasteiger charge is -2.26. The van der Waals surface area contributed by atoms with Crippen LogP contribution in [0.4, 0.5) is 0 Å². The summed E-state index contributed by atoms with van der Waals surface area (Å²) >= 11 is 1.49. The van der Waals surface area contributed by atoms with Crippen LogP contribution >= 0.6 is 11.8 Å². The molecule has 3 nitrogen and oxygen atoms in total. The van der Waals surface area contributed by atoms with E-state index in [-0.39, 0.29) is 23.1 Å². The van der Waals surface area contributed by atoms with Gasteiger partial charge in [0.15, 0.2) is 5.44 Å². The second-order valence-corrected chi connectivity index (χ2v) is 6.66. The minimum atomic E-state index is -0.355. The quantitative estimate of drug-likeness (QED) is 0.794. The summed E-state index contributed by atoms with van der Waals surface area (Å²) in [5, 5.41) is 0. The van der Waals surface area contributed by atoms with Crippen LogP contribution in [0.25, 0.3) is 0 Å². The molecule has 3 rings (SSSR count). The van der Waals surface area contributed by atoms with Crippen LogP contribution in [0.15, 0.2) is 29.2 Å². The fourth-order valence-electron chi connectivity index (χ4n) is 2.93. The average Bonchev–Trinajstić information content (AvgIpc) is 2.48. The molecule has 1 aromatic rings. The van der Waals surface area contributed by atoms with Crippen molar-refractivity contribution in [2.45, 2.75) is 48.9 Å². The van der Waals surface area contributed by atoms with Gasteiger partial charge in [-0.15, -0.1) is 0 Å². The van der Waals surface area contributed by atoms with E-state index >= 15 is 0 Å². The van der Waals surface area contributed by atoms with E-state index in [1.54, 1.807) is 6.07 Å². The van der Waals surface area contributed by atoms with Gasteiger partial charge in [0.2, 0.25) is 0 Å². The van der Waals surface area contributed by atoms with Gasteiger partial charge in [-0.25, -0.2) is 4.79 Å². The first-order valence-corrected chi connectivity index (χ1v) is 8.11. The van der Waals surface area contributed by atoms with Crippen LogP contribution in [0.3, 0.4) is 0 Å². The predicted molar refractivity (Wildman–Crippen MR) is 77.7 cm³/mol. The van der Waals surface area contributed by atoms with Crippen LogP contribution < -0.4 is 0 Å². The third-order valence-corrected chi connectivity index (χ3v) is 5.17. The summed E-state index contributed by atoms with van der Waals surface area (Å²) in [5.41, 5.74) is 0.255. The van der Waals surface area contributed by atoms with Crippen molar-refractivity contribution in [2.24, 2.45) is 5.92 Å². The SMILES string of the molecule is O=C1OC(CC(=O)C2CCCCC2)Sc2ccccc21. The van der Waals surface area contributed by atoms with Crippen molar-refractivity contribution in [2.75, 3.05) is 0 Å². The number of carbonyl (C=O) groups excluding carboxylic acids is 2. The largest absolute Gasteiger partial charge is 0.447 e. The number of fused-ring (bicyclic) bond motifs is 1. The van der Waals surface area contributed by atoms with Crippen LogP contribution in [-0.4, -0.2) is 17.2 Å². The number of benzene rings is 1. The molecule has 0 spiro atoms. The van der Waals surface area contributed by atoms with Crippen molar-refractivity contribution in [1.29, 1.82) is 0 Å². The molecule has 0 amide bonds. The molecule has 0 radical (unpaired) electrons. The fraction of sp³-hybridized carbons (Fsp3) is 0.500. The third-order valence-electron chi connectivity index (χ3n) is 4.03. The summed E-state index contributed by atoms with van der Waals surface area (Å²) in [6.07, 6.45) is 5.88. The van der Waals surface area contributed by atoms with E-state index in [2.05, 4.69) is 0 Å². The Hall–Kier alpha value is -1.29. The van der Waals surface area contributed by atoms with Gasteiger partial charge in [-0.2, -0.15) is 0 Å². The highest BCUT2D eigenvalue weighted by molar-refractivity contribution is 8.00. The number of Topliss-reactive ketones (excluding diaryl/α,β-unsaturated/α-hetero) is 1. The Bertz CT molecular complexity index is 520. The normalized spacial score (nSPS) is 23.0. The Kier molecular flexibility index (Phi) is 4.10. The van der Waals surface area contributed by atoms with Gasteiger partial charge in [0.1, 0.15) is 5.78 Å². The lowest BCUT2D eigenvalue weighted by Crippen LogP contribution is -2.27. The van der Waals surface area contributed by atoms with Crippen LogP contribution in [0.1, 0.15) is 48.9 Å². The van der Waals surface area contributed by atoms with Gasteiger partial charge in [0.25, 0.3) is 0 Å². The number of hydrogen-bond acceptors (Lipinski definition) is 4. The first-order chi connectivity index (χ1) is 9.74. The number of thioether (sulfide) groups is 1. The molecule has 106 valence electrons. The molecule has 20 heavy (non-hydrogen) atoms. The molecule has 0 saturated heterocycles. The molecule has 0 bridgehead atoms. The number of hydrogen-bond donors (Lipinski definition) is 0. The van der Waals surface area contributed by atoms with Gasteiger partial charge in [-0.3, -0.25) is 4.79 Å². The molecule has 1 heterocycles. The van der Waals surface area contributed by atoms with E-state index in [9.17, 15) is 9.59 Å². The van der Waals surface area contributed by atoms with Gasteiger partial charge >= 0.3 is 5.97 Å². The zero-order valence-electron chi connectivity index (χ0n) is 11.3. The van der Waals surface area contributed by atoms with Gasteiger partial charge in [-0.05, 0) is 25.0 Å². The molecular weight excluding hydrogens is 272 g/mol. The minimum Gasteiger partial charge on any atom is -0.447 e. The summed E-state index contributed by atoms with van der Waals surface area (Å²) in [6, 6.07) is 7.42. The number of cyclic esters (lactones) is 1. The predicted octanol–water partition coefficient (Wildman–Crippen LogP) is 3.81. The molecule has 1 fully saturated rings. The van der Waals surface area contributed by atoms with Gasteiger partial charge in [-0.1, -0.05) is 43.2 Å². The standard InChI is InChI=1S/C16H18O3S/c17-13(11-6-2-1-3-7-11)10-15-19-16(18)12-8-4-5-9-14(12)20-15/h4-5,8-9,11,15H,1-3,6-7,10H2. The van der Waals surface area contributed by atoms with Crippen molar-refractivity contribution < 1.29 is 14.3 Å². The Morgan fingerprint density at radius 1 is 1.20 bits per heavy atom. The molecule has 0 aromatic heterocycles. The lowest BCUT2D eigenvalue weighted by molar-refractivity contribution is -0.124. The summed E-state index contributed by atoms with van der Waals surface area (Å²) in [5.74, 6) is 0.135. The van der Waals surface area contributed by atoms with Crippen molar-refractivity contribution >= 4 is 23.5 Å². The highest BCUT2D eigenvalue weighted by atomic mass is 32.2. The topological polar surface area (TPSA) is 43.4 Å². The highest BCUT2D eigenvalue weighted by Gasteiger charge is 2.31. The highest BCUT2D eigenvalue weighted by Crippen LogP contribution is 2.36. The Morgan fingerprint density at radius 2 is 1.95 bits per heavy atom. The van der Waals surface area contributed by atoms with E-state index in [1.165, 1.54) is 18.2 Å². The van der Waals surface area contributed by atoms with E-state index in [0.29, 0.717) is 12.0 Å². The van der Waals surface area contributed by atoms with Crippen molar-refractivity contribution in [3.05, 3.63) is 29.8 Å². The molecular formula is C16H18O3S. The molecule has 1 unspecified atom stereocenters. The monoisotopic (exact) mass is 290 g/mol. The Labute approximate surface area is 123 Å². The van der Waals surface area contributed by atoms with Crippen molar-refractivity contribution in [3.63, 3.8) is 0 Å². The summed E-state index contributed by atoms with van der Waals surface area (Å²) in [6.45, 7) is 0. The average molecular weight is 290 g/mol. The number of esters is 1. The van der Waals surface area contributed by atoms with Gasteiger partial charge in [0, 0.05) is 10.8 Å². The van der Waals surface area contributed by atoms with E-state index < -0.39 is 0 Å².